The third-order valence-electron chi connectivity index (χ3n) is 2.53. The first-order valence-electron chi connectivity index (χ1n) is 5.67. The molecule has 0 aliphatic heterocycles. The lowest BCUT2D eigenvalue weighted by atomic mass is 9.95. The molecule has 1 atom stereocenters. The van der Waals surface area contributed by atoms with Gasteiger partial charge >= 0.3 is 0 Å². The van der Waals surface area contributed by atoms with Gasteiger partial charge in [-0.05, 0) is 31.1 Å². The maximum atomic E-state index is 11.3. The number of hydrogen-bond donors (Lipinski definition) is 0. The van der Waals surface area contributed by atoms with E-state index < -0.39 is 9.84 Å². The Bertz CT molecular complexity index is 247. The van der Waals surface area contributed by atoms with Crippen LogP contribution in [0.2, 0.25) is 0 Å². The topological polar surface area (TPSA) is 34.1 Å². The van der Waals surface area contributed by atoms with Crippen molar-refractivity contribution in [3.8, 4) is 0 Å². The normalized spacial score (nSPS) is 14.5. The van der Waals surface area contributed by atoms with Gasteiger partial charge in [0.2, 0.25) is 0 Å². The van der Waals surface area contributed by atoms with Gasteiger partial charge in [-0.1, -0.05) is 36.7 Å². The molecule has 2 nitrogen and oxygen atoms in total. The summed E-state index contributed by atoms with van der Waals surface area (Å²) in [5, 5.41) is 0.983. The molecule has 4 heteroatoms. The molecule has 0 aromatic carbocycles. The largest absolute Gasteiger partial charge is 0.229 e. The van der Waals surface area contributed by atoms with Crippen LogP contribution in [0.1, 0.15) is 40.0 Å². The third-order valence-corrected chi connectivity index (χ3v) is 5.24. The lowest BCUT2D eigenvalue weighted by Gasteiger charge is -2.15. The van der Waals surface area contributed by atoms with Gasteiger partial charge in [0, 0.05) is 11.1 Å². The van der Waals surface area contributed by atoms with Crippen molar-refractivity contribution in [1.29, 1.82) is 0 Å². The Labute approximate surface area is 103 Å². The van der Waals surface area contributed by atoms with E-state index in [9.17, 15) is 8.42 Å². The molecule has 0 fully saturated rings. The van der Waals surface area contributed by atoms with E-state index >= 15 is 0 Å². The molecule has 1 unspecified atom stereocenters. The van der Waals surface area contributed by atoms with Crippen LogP contribution in [-0.2, 0) is 9.84 Å². The van der Waals surface area contributed by atoms with Crippen molar-refractivity contribution >= 4 is 25.8 Å². The molecular weight excluding hydrogens is 276 g/mol. The smallest absolute Gasteiger partial charge is 0.150 e. The maximum absolute atomic E-state index is 11.3. The fourth-order valence-electron chi connectivity index (χ4n) is 1.66. The van der Waals surface area contributed by atoms with Crippen LogP contribution in [0.3, 0.4) is 0 Å². The Morgan fingerprint density at radius 3 is 2.27 bits per heavy atom. The molecule has 0 rings (SSSR count). The van der Waals surface area contributed by atoms with Crippen LogP contribution in [0.4, 0.5) is 0 Å². The molecule has 0 saturated carbocycles. The van der Waals surface area contributed by atoms with Crippen LogP contribution in [-0.4, -0.2) is 25.3 Å². The SMILES string of the molecule is CCS(=O)(=O)CCCC(CBr)CC(C)C. The number of rotatable bonds is 8. The van der Waals surface area contributed by atoms with Gasteiger partial charge in [0.25, 0.3) is 0 Å². The average molecular weight is 299 g/mol. The molecule has 92 valence electrons. The van der Waals surface area contributed by atoms with Crippen LogP contribution in [0.5, 0.6) is 0 Å². The summed E-state index contributed by atoms with van der Waals surface area (Å²) in [7, 11) is -2.77. The van der Waals surface area contributed by atoms with Crippen LogP contribution in [0.15, 0.2) is 0 Å². The second-order valence-corrected chi connectivity index (χ2v) is 7.65. The molecular formula is C11H23BrO2S. The molecule has 0 radical (unpaired) electrons. The van der Waals surface area contributed by atoms with Crippen molar-refractivity contribution in [3.05, 3.63) is 0 Å². The first kappa shape index (κ1) is 15.4. The summed E-state index contributed by atoms with van der Waals surface area (Å²) < 4.78 is 22.6. The minimum Gasteiger partial charge on any atom is -0.229 e. The van der Waals surface area contributed by atoms with Gasteiger partial charge in [-0.15, -0.1) is 0 Å². The van der Waals surface area contributed by atoms with E-state index in [-0.39, 0.29) is 5.75 Å². The second-order valence-electron chi connectivity index (χ2n) is 4.53. The predicted molar refractivity (Wildman–Crippen MR) is 70.3 cm³/mol. The zero-order valence-electron chi connectivity index (χ0n) is 10.0. The van der Waals surface area contributed by atoms with Crippen LogP contribution < -0.4 is 0 Å². The van der Waals surface area contributed by atoms with E-state index in [0.717, 1.165) is 18.2 Å². The summed E-state index contributed by atoms with van der Waals surface area (Å²) >= 11 is 3.49. The molecule has 0 spiro atoms. The van der Waals surface area contributed by atoms with Gasteiger partial charge in [0.15, 0.2) is 0 Å². The molecule has 0 aliphatic rings. The molecule has 0 saturated heterocycles. The third kappa shape index (κ3) is 8.26. The molecule has 0 N–H and O–H groups in total. The highest BCUT2D eigenvalue weighted by atomic mass is 79.9. The van der Waals surface area contributed by atoms with Gasteiger partial charge < -0.3 is 0 Å². The summed E-state index contributed by atoms with van der Waals surface area (Å²) in [5.41, 5.74) is 0. The van der Waals surface area contributed by atoms with Gasteiger partial charge in [-0.3, -0.25) is 0 Å². The van der Waals surface area contributed by atoms with Crippen molar-refractivity contribution in [1.82, 2.24) is 0 Å². The highest BCUT2D eigenvalue weighted by Crippen LogP contribution is 2.19. The number of sulfone groups is 1. The summed E-state index contributed by atoms with van der Waals surface area (Å²) in [4.78, 5) is 0. The van der Waals surface area contributed by atoms with Crippen molar-refractivity contribution in [3.63, 3.8) is 0 Å². The average Bonchev–Trinajstić information content (AvgIpc) is 2.15. The summed E-state index contributed by atoms with van der Waals surface area (Å²) in [5.74, 6) is 1.94. The fraction of sp³-hybridized carbons (Fsp3) is 1.00. The second kappa shape index (κ2) is 7.66. The van der Waals surface area contributed by atoms with Crippen molar-refractivity contribution in [2.75, 3.05) is 16.8 Å². The molecule has 15 heavy (non-hydrogen) atoms. The zero-order chi connectivity index (χ0) is 11.9. The van der Waals surface area contributed by atoms with Crippen molar-refractivity contribution in [2.24, 2.45) is 11.8 Å². The summed E-state index contributed by atoms with van der Waals surface area (Å²) in [6, 6.07) is 0. The van der Waals surface area contributed by atoms with Gasteiger partial charge in [-0.25, -0.2) is 8.42 Å². The van der Waals surface area contributed by atoms with E-state index in [1.165, 1.54) is 6.42 Å². The Kier molecular flexibility index (Phi) is 7.88. The number of halogens is 1. The molecule has 0 bridgehead atoms. The van der Waals surface area contributed by atoms with E-state index in [1.54, 1.807) is 6.92 Å². The van der Waals surface area contributed by atoms with Crippen molar-refractivity contribution < 1.29 is 8.42 Å². The van der Waals surface area contributed by atoms with Gasteiger partial charge in [0.05, 0.1) is 5.75 Å². The highest BCUT2D eigenvalue weighted by molar-refractivity contribution is 9.09. The van der Waals surface area contributed by atoms with Crippen LogP contribution >= 0.6 is 15.9 Å². The van der Waals surface area contributed by atoms with E-state index in [1.807, 2.05) is 0 Å². The maximum Gasteiger partial charge on any atom is 0.150 e. The quantitative estimate of drug-likeness (QED) is 0.645. The Hall–Kier alpha value is 0.430. The van der Waals surface area contributed by atoms with Crippen LogP contribution in [0.25, 0.3) is 0 Å². The highest BCUT2D eigenvalue weighted by Gasteiger charge is 2.12. The Morgan fingerprint density at radius 1 is 1.27 bits per heavy atom. The first-order valence-corrected chi connectivity index (χ1v) is 8.62. The number of alkyl halides is 1. The lowest BCUT2D eigenvalue weighted by Crippen LogP contribution is -2.12. The van der Waals surface area contributed by atoms with Gasteiger partial charge in [0.1, 0.15) is 9.84 Å². The molecule has 0 amide bonds. The molecule has 0 aliphatic carbocycles. The first-order chi connectivity index (χ1) is 6.91. The molecule has 0 heterocycles. The van der Waals surface area contributed by atoms with E-state index in [4.69, 9.17) is 0 Å². The fourth-order valence-corrected chi connectivity index (χ4v) is 3.14. The standard InChI is InChI=1S/C11H23BrO2S/c1-4-15(13,14)7-5-6-11(9-12)8-10(2)3/h10-11H,4-9H2,1-3H3. The zero-order valence-corrected chi connectivity index (χ0v) is 12.4. The van der Waals surface area contributed by atoms with Crippen LogP contribution in [0, 0.1) is 11.8 Å². The van der Waals surface area contributed by atoms with E-state index in [2.05, 4.69) is 29.8 Å². The predicted octanol–water partition coefficient (Wildman–Crippen LogP) is 3.26. The van der Waals surface area contributed by atoms with E-state index in [0.29, 0.717) is 17.6 Å². The monoisotopic (exact) mass is 298 g/mol. The molecule has 0 aromatic rings. The minimum absolute atomic E-state index is 0.274. The Balaban J connectivity index is 3.82. The summed E-state index contributed by atoms with van der Waals surface area (Å²) in [6.07, 6.45) is 3.00. The molecule has 0 aromatic heterocycles. The minimum atomic E-state index is -2.77. The summed E-state index contributed by atoms with van der Waals surface area (Å²) in [6.45, 7) is 6.13. The lowest BCUT2D eigenvalue weighted by molar-refractivity contribution is 0.419. The number of hydrogen-bond acceptors (Lipinski definition) is 2. The Morgan fingerprint density at radius 2 is 1.87 bits per heavy atom. The van der Waals surface area contributed by atoms with Crippen molar-refractivity contribution in [2.45, 2.75) is 40.0 Å². The van der Waals surface area contributed by atoms with Gasteiger partial charge in [-0.2, -0.15) is 0 Å².